The molecule has 8 nitrogen and oxygen atoms in total. The van der Waals surface area contributed by atoms with E-state index in [-0.39, 0.29) is 6.79 Å². The second kappa shape index (κ2) is 5.55. The van der Waals surface area contributed by atoms with E-state index >= 15 is 0 Å². The predicted octanol–water partition coefficient (Wildman–Crippen LogP) is 1.48. The normalized spacial score (nSPS) is 12.2. The molecule has 1 aliphatic heterocycles. The number of hydrogen-bond donors (Lipinski definition) is 1. The maximum atomic E-state index is 5.41. The number of benzene rings is 1. The molecule has 0 saturated carbocycles. The third-order valence-corrected chi connectivity index (χ3v) is 3.28. The molecule has 0 amide bonds. The fourth-order valence-electron chi connectivity index (χ4n) is 2.03. The first-order valence-corrected chi connectivity index (χ1v) is 6.83. The first-order chi connectivity index (χ1) is 10.6. The third-order valence-electron chi connectivity index (χ3n) is 3.28. The molecule has 0 saturated heterocycles. The number of nitrogens with zero attached hydrogens (tertiary/aromatic N) is 5. The Morgan fingerprint density at radius 2 is 1.73 bits per heavy atom. The Morgan fingerprint density at radius 1 is 1.00 bits per heavy atom. The van der Waals surface area contributed by atoms with Gasteiger partial charge in [0.2, 0.25) is 24.6 Å². The van der Waals surface area contributed by atoms with Crippen LogP contribution in [0.4, 0.5) is 23.5 Å². The lowest BCUT2D eigenvalue weighted by Crippen LogP contribution is -2.19. The van der Waals surface area contributed by atoms with Crippen LogP contribution in [-0.4, -0.2) is 49.9 Å². The van der Waals surface area contributed by atoms with Crippen molar-refractivity contribution in [3.05, 3.63) is 18.2 Å². The zero-order valence-electron chi connectivity index (χ0n) is 13.0. The highest BCUT2D eigenvalue weighted by molar-refractivity contribution is 5.63. The number of aromatic nitrogens is 3. The molecule has 3 rings (SSSR count). The number of ether oxygens (including phenoxy) is 2. The minimum absolute atomic E-state index is 0.253. The molecule has 0 aliphatic carbocycles. The molecule has 2 aromatic rings. The van der Waals surface area contributed by atoms with Crippen LogP contribution in [-0.2, 0) is 0 Å². The second-order valence-electron chi connectivity index (χ2n) is 5.00. The van der Waals surface area contributed by atoms with Gasteiger partial charge in [0.05, 0.1) is 0 Å². The van der Waals surface area contributed by atoms with Gasteiger partial charge < -0.3 is 24.6 Å². The smallest absolute Gasteiger partial charge is 0.236 e. The van der Waals surface area contributed by atoms with Gasteiger partial charge in [0.1, 0.15) is 0 Å². The Labute approximate surface area is 128 Å². The van der Waals surface area contributed by atoms with Crippen LogP contribution in [0.1, 0.15) is 0 Å². The van der Waals surface area contributed by atoms with E-state index in [1.165, 1.54) is 0 Å². The summed E-state index contributed by atoms with van der Waals surface area (Å²) in [5.74, 6) is 3.11. The Kier molecular flexibility index (Phi) is 3.58. The van der Waals surface area contributed by atoms with Crippen LogP contribution in [0, 0.1) is 0 Å². The zero-order valence-corrected chi connectivity index (χ0v) is 13.0. The van der Waals surface area contributed by atoms with Gasteiger partial charge in [0.15, 0.2) is 11.5 Å². The summed E-state index contributed by atoms with van der Waals surface area (Å²) in [5.41, 5.74) is 0.905. The number of fused-ring (bicyclic) bond motifs is 1. The van der Waals surface area contributed by atoms with Crippen LogP contribution >= 0.6 is 0 Å². The van der Waals surface area contributed by atoms with E-state index in [0.29, 0.717) is 17.8 Å². The van der Waals surface area contributed by atoms with Crippen LogP contribution in [0.3, 0.4) is 0 Å². The van der Waals surface area contributed by atoms with Crippen molar-refractivity contribution in [3.8, 4) is 11.5 Å². The predicted molar refractivity (Wildman–Crippen MR) is 84.3 cm³/mol. The van der Waals surface area contributed by atoms with Crippen molar-refractivity contribution in [3.63, 3.8) is 0 Å². The molecule has 1 aliphatic rings. The van der Waals surface area contributed by atoms with Crippen LogP contribution in [0.25, 0.3) is 0 Å². The lowest BCUT2D eigenvalue weighted by atomic mass is 10.2. The molecule has 0 bridgehead atoms. The first kappa shape index (κ1) is 14.2. The molecule has 1 aromatic carbocycles. The zero-order chi connectivity index (χ0) is 15.7. The Morgan fingerprint density at radius 3 is 2.45 bits per heavy atom. The maximum Gasteiger partial charge on any atom is 0.236 e. The molecule has 22 heavy (non-hydrogen) atoms. The second-order valence-corrected chi connectivity index (χ2v) is 5.00. The Hall–Kier alpha value is -2.77. The van der Waals surface area contributed by atoms with Gasteiger partial charge in [-0.3, -0.25) is 0 Å². The Balaban J connectivity index is 1.97. The summed E-state index contributed by atoms with van der Waals surface area (Å²) in [6.45, 7) is 0.253. The topological polar surface area (TPSA) is 75.6 Å². The molecule has 0 radical (unpaired) electrons. The van der Waals surface area contributed by atoms with Crippen molar-refractivity contribution in [2.45, 2.75) is 0 Å². The van der Waals surface area contributed by atoms with Crippen molar-refractivity contribution in [2.75, 3.05) is 50.1 Å². The Bertz CT molecular complexity index is 691. The van der Waals surface area contributed by atoms with Crippen LogP contribution in [0.15, 0.2) is 18.2 Å². The molecular weight excluding hydrogens is 284 g/mol. The molecule has 0 fully saturated rings. The lowest BCUT2D eigenvalue weighted by Gasteiger charge is -2.20. The minimum atomic E-state index is 0.253. The first-order valence-electron chi connectivity index (χ1n) is 6.83. The van der Waals surface area contributed by atoms with E-state index in [9.17, 15) is 0 Å². The van der Waals surface area contributed by atoms with Gasteiger partial charge in [0.25, 0.3) is 0 Å². The van der Waals surface area contributed by atoms with Crippen molar-refractivity contribution < 1.29 is 9.47 Å². The van der Waals surface area contributed by atoms with Gasteiger partial charge in [-0.25, -0.2) is 0 Å². The molecular formula is C14H18N6O2. The van der Waals surface area contributed by atoms with Gasteiger partial charge in [0, 0.05) is 39.9 Å². The summed E-state index contributed by atoms with van der Waals surface area (Å²) in [6, 6.07) is 5.72. The molecule has 0 atom stereocenters. The summed E-state index contributed by atoms with van der Waals surface area (Å²) in [4.78, 5) is 16.9. The number of nitrogens with one attached hydrogen (secondary N) is 1. The molecule has 116 valence electrons. The van der Waals surface area contributed by atoms with Gasteiger partial charge in [-0.15, -0.1) is 0 Å². The average molecular weight is 302 g/mol. The molecule has 1 N–H and O–H groups in total. The third kappa shape index (κ3) is 2.54. The van der Waals surface area contributed by atoms with Crippen molar-refractivity contribution in [1.29, 1.82) is 0 Å². The summed E-state index contributed by atoms with van der Waals surface area (Å²) in [6.07, 6.45) is 0. The molecule has 2 heterocycles. The summed E-state index contributed by atoms with van der Waals surface area (Å²) < 4.78 is 10.7. The number of hydrogen-bond acceptors (Lipinski definition) is 8. The van der Waals surface area contributed by atoms with E-state index in [1.807, 2.05) is 49.1 Å². The van der Waals surface area contributed by atoms with Crippen LogP contribution in [0.2, 0.25) is 0 Å². The summed E-state index contributed by atoms with van der Waals surface area (Å²) >= 11 is 0. The molecule has 8 heteroatoms. The quantitative estimate of drug-likeness (QED) is 0.910. The van der Waals surface area contributed by atoms with Crippen molar-refractivity contribution in [1.82, 2.24) is 15.0 Å². The van der Waals surface area contributed by atoms with Gasteiger partial charge in [-0.2, -0.15) is 15.0 Å². The monoisotopic (exact) mass is 302 g/mol. The lowest BCUT2D eigenvalue weighted by molar-refractivity contribution is 0.174. The number of anilines is 4. The minimum Gasteiger partial charge on any atom is -0.454 e. The highest BCUT2D eigenvalue weighted by Gasteiger charge is 2.17. The van der Waals surface area contributed by atoms with Gasteiger partial charge in [-0.05, 0) is 12.1 Å². The standard InChI is InChI=1S/C14H18N6O2/c1-15-12-16-13(19(2)3)18-14(17-12)20(4)9-5-6-10-11(7-9)22-8-21-10/h5-7H,8H2,1-4H3,(H,15,16,17,18). The summed E-state index contributed by atoms with van der Waals surface area (Å²) in [5, 5.41) is 2.95. The molecule has 0 spiro atoms. The highest BCUT2D eigenvalue weighted by atomic mass is 16.7. The summed E-state index contributed by atoms with van der Waals surface area (Å²) in [7, 11) is 7.45. The number of rotatable bonds is 4. The van der Waals surface area contributed by atoms with E-state index in [0.717, 1.165) is 17.2 Å². The van der Waals surface area contributed by atoms with Crippen molar-refractivity contribution in [2.24, 2.45) is 0 Å². The van der Waals surface area contributed by atoms with E-state index in [4.69, 9.17) is 9.47 Å². The average Bonchev–Trinajstić information content (AvgIpc) is 3.01. The van der Waals surface area contributed by atoms with E-state index < -0.39 is 0 Å². The fraction of sp³-hybridized carbons (Fsp3) is 0.357. The molecule has 1 aromatic heterocycles. The van der Waals surface area contributed by atoms with Gasteiger partial charge in [-0.1, -0.05) is 0 Å². The van der Waals surface area contributed by atoms with Crippen molar-refractivity contribution >= 4 is 23.5 Å². The largest absolute Gasteiger partial charge is 0.454 e. The maximum absolute atomic E-state index is 5.41. The molecule has 0 unspecified atom stereocenters. The van der Waals surface area contributed by atoms with Crippen LogP contribution in [0.5, 0.6) is 11.5 Å². The fourth-order valence-corrected chi connectivity index (χ4v) is 2.03. The van der Waals surface area contributed by atoms with E-state index in [2.05, 4.69) is 20.3 Å². The SMILES string of the molecule is CNc1nc(N(C)C)nc(N(C)c2ccc3c(c2)OCO3)n1. The highest BCUT2D eigenvalue weighted by Crippen LogP contribution is 2.36. The van der Waals surface area contributed by atoms with Gasteiger partial charge >= 0.3 is 0 Å². The van der Waals surface area contributed by atoms with E-state index in [1.54, 1.807) is 7.05 Å². The van der Waals surface area contributed by atoms with Crippen LogP contribution < -0.4 is 24.6 Å².